The second-order valence-electron chi connectivity index (χ2n) is 8.46. The average Bonchev–Trinajstić information content (AvgIpc) is 2.98. The molecule has 1 fully saturated rings. The molecule has 0 aliphatic heterocycles. The van der Waals surface area contributed by atoms with Crippen LogP contribution in [0.1, 0.15) is 62.8 Å². The summed E-state index contributed by atoms with van der Waals surface area (Å²) in [5, 5.41) is 8.43. The zero-order chi connectivity index (χ0) is 17.4. The van der Waals surface area contributed by atoms with Crippen LogP contribution in [0.2, 0.25) is 0 Å². The summed E-state index contributed by atoms with van der Waals surface area (Å²) in [6.07, 6.45) is 10.6. The Morgan fingerprint density at radius 1 is 1.20 bits per heavy atom. The third kappa shape index (κ3) is 3.28. The van der Waals surface area contributed by atoms with Crippen molar-refractivity contribution in [3.05, 3.63) is 16.8 Å². The van der Waals surface area contributed by atoms with Crippen LogP contribution in [0.25, 0.3) is 10.2 Å². The molecule has 4 nitrogen and oxygen atoms in total. The first-order valence-electron chi connectivity index (χ1n) is 9.76. The molecule has 0 atom stereocenters. The molecule has 5 heteroatoms. The van der Waals surface area contributed by atoms with Gasteiger partial charge in [0.05, 0.1) is 5.39 Å². The van der Waals surface area contributed by atoms with Crippen LogP contribution < -0.4 is 10.6 Å². The van der Waals surface area contributed by atoms with E-state index >= 15 is 0 Å². The summed E-state index contributed by atoms with van der Waals surface area (Å²) in [5.74, 6) is 1.91. The van der Waals surface area contributed by atoms with E-state index in [0.29, 0.717) is 6.04 Å². The van der Waals surface area contributed by atoms with Gasteiger partial charge in [0.25, 0.3) is 0 Å². The Labute approximate surface area is 154 Å². The molecular formula is C20H30N4S. The van der Waals surface area contributed by atoms with Gasteiger partial charge < -0.3 is 10.6 Å². The molecule has 0 radical (unpaired) electrons. The van der Waals surface area contributed by atoms with Gasteiger partial charge in [-0.2, -0.15) is 0 Å². The summed E-state index contributed by atoms with van der Waals surface area (Å²) < 4.78 is 0. The first-order chi connectivity index (χ1) is 12.1. The molecule has 0 unspecified atom stereocenters. The Bertz CT molecular complexity index is 743. The minimum Gasteiger partial charge on any atom is -0.367 e. The van der Waals surface area contributed by atoms with Crippen molar-refractivity contribution in [1.29, 1.82) is 0 Å². The smallest absolute Gasteiger partial charge is 0.138 e. The van der Waals surface area contributed by atoms with E-state index < -0.39 is 0 Å². The molecule has 2 aliphatic rings. The Kier molecular flexibility index (Phi) is 4.71. The molecule has 136 valence electrons. The summed E-state index contributed by atoms with van der Waals surface area (Å²) in [7, 11) is 2.06. The lowest BCUT2D eigenvalue weighted by Crippen LogP contribution is -2.30. The molecule has 2 aromatic rings. The predicted octanol–water partition coefficient (Wildman–Crippen LogP) is 4.50. The van der Waals surface area contributed by atoms with Crippen LogP contribution in [-0.2, 0) is 11.8 Å². The third-order valence-corrected chi connectivity index (χ3v) is 7.28. The number of aryl methyl sites for hydroxylation is 1. The maximum Gasteiger partial charge on any atom is 0.138 e. The van der Waals surface area contributed by atoms with E-state index in [0.717, 1.165) is 18.3 Å². The molecule has 2 aliphatic carbocycles. The summed E-state index contributed by atoms with van der Waals surface area (Å²) in [5.41, 5.74) is 1.75. The van der Waals surface area contributed by atoms with Gasteiger partial charge in [-0.05, 0) is 75.4 Å². The number of hydrogen-bond donors (Lipinski definition) is 2. The van der Waals surface area contributed by atoms with E-state index in [1.807, 2.05) is 11.3 Å². The molecule has 4 rings (SSSR count). The normalized spacial score (nSPS) is 25.7. The number of nitrogens with zero attached hydrogens (tertiary/aromatic N) is 2. The van der Waals surface area contributed by atoms with Gasteiger partial charge in [0.15, 0.2) is 0 Å². The van der Waals surface area contributed by atoms with E-state index in [-0.39, 0.29) is 5.41 Å². The van der Waals surface area contributed by atoms with Crippen LogP contribution in [0, 0.1) is 5.92 Å². The molecule has 1 saturated carbocycles. The van der Waals surface area contributed by atoms with Gasteiger partial charge in [0, 0.05) is 10.9 Å². The highest BCUT2D eigenvalue weighted by Crippen LogP contribution is 2.46. The second-order valence-corrected chi connectivity index (χ2v) is 9.54. The van der Waals surface area contributed by atoms with Gasteiger partial charge in [-0.1, -0.05) is 13.8 Å². The number of nitrogens with one attached hydrogen (secondary N) is 2. The highest BCUT2D eigenvalue weighted by molar-refractivity contribution is 7.19. The molecule has 2 N–H and O–H groups in total. The molecule has 0 aromatic carbocycles. The maximum atomic E-state index is 4.67. The number of rotatable bonds is 4. The van der Waals surface area contributed by atoms with Gasteiger partial charge in [0.2, 0.25) is 0 Å². The monoisotopic (exact) mass is 358 g/mol. The number of anilines is 1. The number of thiophene rings is 1. The summed E-state index contributed by atoms with van der Waals surface area (Å²) in [4.78, 5) is 12.0. The Morgan fingerprint density at radius 2 is 2.00 bits per heavy atom. The summed E-state index contributed by atoms with van der Waals surface area (Å²) in [6.45, 7) is 5.92. The van der Waals surface area contributed by atoms with Crippen molar-refractivity contribution in [3.63, 3.8) is 0 Å². The van der Waals surface area contributed by atoms with Gasteiger partial charge in [0.1, 0.15) is 17.0 Å². The maximum absolute atomic E-state index is 4.67. The predicted molar refractivity (Wildman–Crippen MR) is 107 cm³/mol. The fourth-order valence-corrected chi connectivity index (χ4v) is 6.15. The van der Waals surface area contributed by atoms with Crippen LogP contribution in [0.4, 0.5) is 5.82 Å². The van der Waals surface area contributed by atoms with E-state index in [2.05, 4.69) is 41.5 Å². The van der Waals surface area contributed by atoms with Crippen molar-refractivity contribution < 1.29 is 0 Å². The van der Waals surface area contributed by atoms with E-state index in [1.165, 1.54) is 65.6 Å². The molecule has 0 bridgehead atoms. The zero-order valence-electron chi connectivity index (χ0n) is 15.7. The highest BCUT2D eigenvalue weighted by Gasteiger charge is 2.33. The molecule has 0 spiro atoms. The zero-order valence-corrected chi connectivity index (χ0v) is 16.5. The Hall–Kier alpha value is -1.20. The fraction of sp³-hybridized carbons (Fsp3) is 0.700. The number of hydrogen-bond acceptors (Lipinski definition) is 5. The van der Waals surface area contributed by atoms with Crippen molar-refractivity contribution in [2.45, 2.75) is 70.3 Å². The SMILES string of the molecule is CNC[C@H]1CC[C@H](Nc2ncnc3sc4c(c23)C(C)(C)CCC4)CC1. The molecule has 0 saturated heterocycles. The lowest BCUT2D eigenvalue weighted by Gasteiger charge is -2.32. The molecule has 0 amide bonds. The average molecular weight is 359 g/mol. The lowest BCUT2D eigenvalue weighted by molar-refractivity contribution is 0.331. The van der Waals surface area contributed by atoms with E-state index in [4.69, 9.17) is 0 Å². The first kappa shape index (κ1) is 17.2. The largest absolute Gasteiger partial charge is 0.367 e. The van der Waals surface area contributed by atoms with Crippen molar-refractivity contribution >= 4 is 27.4 Å². The second kappa shape index (κ2) is 6.84. The molecule has 25 heavy (non-hydrogen) atoms. The highest BCUT2D eigenvalue weighted by atomic mass is 32.1. The third-order valence-electron chi connectivity index (χ3n) is 6.12. The van der Waals surface area contributed by atoms with Crippen LogP contribution in [0.5, 0.6) is 0 Å². The quantitative estimate of drug-likeness (QED) is 0.845. The van der Waals surface area contributed by atoms with Crippen molar-refractivity contribution in [2.24, 2.45) is 5.92 Å². The summed E-state index contributed by atoms with van der Waals surface area (Å²) in [6, 6.07) is 0.549. The van der Waals surface area contributed by atoms with Crippen LogP contribution in [-0.4, -0.2) is 29.6 Å². The number of fused-ring (bicyclic) bond motifs is 3. The van der Waals surface area contributed by atoms with Crippen LogP contribution in [0.15, 0.2) is 6.33 Å². The minimum absolute atomic E-state index is 0.234. The lowest BCUT2D eigenvalue weighted by atomic mass is 9.75. The molecular weight excluding hydrogens is 328 g/mol. The van der Waals surface area contributed by atoms with Gasteiger partial charge in [-0.15, -0.1) is 11.3 Å². The van der Waals surface area contributed by atoms with Crippen molar-refractivity contribution in [3.8, 4) is 0 Å². The molecule has 2 aromatic heterocycles. The molecule has 2 heterocycles. The van der Waals surface area contributed by atoms with Crippen molar-refractivity contribution in [1.82, 2.24) is 15.3 Å². The van der Waals surface area contributed by atoms with Crippen molar-refractivity contribution in [2.75, 3.05) is 18.9 Å². The van der Waals surface area contributed by atoms with Gasteiger partial charge in [-0.3, -0.25) is 0 Å². The Balaban J connectivity index is 1.62. The Morgan fingerprint density at radius 3 is 2.76 bits per heavy atom. The number of aromatic nitrogens is 2. The topological polar surface area (TPSA) is 49.8 Å². The van der Waals surface area contributed by atoms with Gasteiger partial charge >= 0.3 is 0 Å². The first-order valence-corrected chi connectivity index (χ1v) is 10.6. The fourth-order valence-electron chi connectivity index (χ4n) is 4.79. The standard InChI is InChI=1S/C20H30N4S/c1-20(2)10-4-5-15-17(20)16-18(22-12-23-19(16)25-15)24-14-8-6-13(7-9-14)11-21-3/h12-14,21H,4-11H2,1-3H3,(H,22,23,24)/t13-,14-. The van der Waals surface area contributed by atoms with Crippen LogP contribution in [0.3, 0.4) is 0 Å². The summed E-state index contributed by atoms with van der Waals surface area (Å²) >= 11 is 1.89. The van der Waals surface area contributed by atoms with E-state index in [9.17, 15) is 0 Å². The van der Waals surface area contributed by atoms with Gasteiger partial charge in [-0.25, -0.2) is 9.97 Å². The van der Waals surface area contributed by atoms with E-state index in [1.54, 1.807) is 6.33 Å². The van der Waals surface area contributed by atoms with Crippen LogP contribution >= 0.6 is 11.3 Å². The minimum atomic E-state index is 0.234.